The molecule has 0 aromatic rings. The van der Waals surface area contributed by atoms with Crippen LogP contribution in [0.4, 0.5) is 4.39 Å². The van der Waals surface area contributed by atoms with Crippen LogP contribution < -0.4 is 0 Å². The van der Waals surface area contributed by atoms with Gasteiger partial charge in [0.05, 0.1) is 12.2 Å². The van der Waals surface area contributed by atoms with E-state index in [0.717, 1.165) is 6.42 Å². The maximum Gasteiger partial charge on any atom is 0.178 e. The Hall–Kier alpha value is -1.08. The van der Waals surface area contributed by atoms with E-state index in [4.69, 9.17) is 9.47 Å². The van der Waals surface area contributed by atoms with E-state index in [9.17, 15) is 15.0 Å². The van der Waals surface area contributed by atoms with Gasteiger partial charge in [0.25, 0.3) is 0 Å². The third kappa shape index (κ3) is 2.45. The lowest BCUT2D eigenvalue weighted by atomic mass is 9.46. The van der Waals surface area contributed by atoms with Gasteiger partial charge >= 0.3 is 0 Å². The van der Waals surface area contributed by atoms with E-state index in [2.05, 4.69) is 6.92 Å². The molecule has 3 saturated carbocycles. The van der Waals surface area contributed by atoms with Gasteiger partial charge in [-0.2, -0.15) is 0 Å². The lowest BCUT2D eigenvalue weighted by Gasteiger charge is -2.60. The molecule has 0 bridgehead atoms. The van der Waals surface area contributed by atoms with E-state index in [-0.39, 0.29) is 36.2 Å². The summed E-state index contributed by atoms with van der Waals surface area (Å²) >= 11 is 0. The van der Waals surface area contributed by atoms with Crippen molar-refractivity contribution in [3.63, 3.8) is 0 Å². The molecule has 30 heavy (non-hydrogen) atoms. The van der Waals surface area contributed by atoms with Gasteiger partial charge in [-0.25, -0.2) is 4.39 Å². The van der Waals surface area contributed by atoms with Crippen molar-refractivity contribution in [1.29, 1.82) is 0 Å². The summed E-state index contributed by atoms with van der Waals surface area (Å²) < 4.78 is 28.2. The summed E-state index contributed by atoms with van der Waals surface area (Å²) in [6.07, 6.45) is 4.71. The summed E-state index contributed by atoms with van der Waals surface area (Å²) in [6, 6.07) is 0. The van der Waals surface area contributed by atoms with E-state index in [0.29, 0.717) is 24.8 Å². The van der Waals surface area contributed by atoms with Gasteiger partial charge in [-0.1, -0.05) is 19.9 Å². The highest BCUT2D eigenvalue weighted by atomic mass is 19.1. The molecule has 4 aliphatic carbocycles. The van der Waals surface area contributed by atoms with E-state index in [1.807, 2.05) is 26.8 Å². The molecule has 1 aliphatic heterocycles. The number of rotatable bonds is 2. The number of hydrogen-bond donors (Lipinski definition) is 2. The summed E-state index contributed by atoms with van der Waals surface area (Å²) in [4.78, 5) is 11.9. The maximum absolute atomic E-state index is 15.4. The number of fused-ring (bicyclic) bond motifs is 7. The Bertz CT molecular complexity index is 835. The van der Waals surface area contributed by atoms with Crippen molar-refractivity contribution in [3.8, 4) is 0 Å². The molecule has 2 N–H and O–H groups in total. The minimum atomic E-state index is -1.20. The number of carbonyl (C=O) groups excluding carboxylic acids is 1. The number of ether oxygens (including phenoxy) is 2. The Balaban J connectivity index is 1.59. The second-order valence-corrected chi connectivity index (χ2v) is 11.0. The predicted octanol–water partition coefficient (Wildman–Crippen LogP) is 3.10. The van der Waals surface area contributed by atoms with Gasteiger partial charge in [-0.3, -0.25) is 4.79 Å². The summed E-state index contributed by atoms with van der Waals surface area (Å²) in [7, 11) is 0. The van der Waals surface area contributed by atoms with Gasteiger partial charge in [-0.15, -0.1) is 0 Å². The van der Waals surface area contributed by atoms with Crippen LogP contribution in [0, 0.1) is 28.6 Å². The Kier molecular flexibility index (Phi) is 4.33. The molecule has 5 nitrogen and oxygen atoms in total. The Labute approximate surface area is 177 Å². The Morgan fingerprint density at radius 1 is 1.23 bits per heavy atom. The number of hydrogen-bond acceptors (Lipinski definition) is 5. The van der Waals surface area contributed by atoms with E-state index >= 15 is 4.39 Å². The highest BCUT2D eigenvalue weighted by molar-refractivity contribution is 6.01. The number of aliphatic hydroxyl groups is 2. The van der Waals surface area contributed by atoms with Crippen molar-refractivity contribution in [1.82, 2.24) is 0 Å². The van der Waals surface area contributed by atoms with Crippen LogP contribution in [0.15, 0.2) is 23.8 Å². The molecule has 9 atom stereocenters. The molecule has 0 spiro atoms. The van der Waals surface area contributed by atoms with Gasteiger partial charge in [0.15, 0.2) is 11.6 Å². The zero-order chi connectivity index (χ0) is 21.7. The van der Waals surface area contributed by atoms with Crippen LogP contribution in [0.25, 0.3) is 0 Å². The van der Waals surface area contributed by atoms with Crippen molar-refractivity contribution in [2.24, 2.45) is 28.6 Å². The molecule has 1 saturated heterocycles. The predicted molar refractivity (Wildman–Crippen MR) is 108 cm³/mol. The van der Waals surface area contributed by atoms with Crippen molar-refractivity contribution < 1.29 is 28.9 Å². The average Bonchev–Trinajstić information content (AvgIpc) is 3.02. The molecule has 0 unspecified atom stereocenters. The van der Waals surface area contributed by atoms with E-state index < -0.39 is 34.5 Å². The fourth-order valence-electron chi connectivity index (χ4n) is 8.19. The third-order valence-electron chi connectivity index (χ3n) is 9.16. The first-order valence-electron chi connectivity index (χ1n) is 11.2. The van der Waals surface area contributed by atoms with Crippen LogP contribution in [0.5, 0.6) is 0 Å². The Morgan fingerprint density at radius 2 is 1.97 bits per heavy atom. The van der Waals surface area contributed by atoms with Gasteiger partial charge in [-0.05, 0) is 62.7 Å². The van der Waals surface area contributed by atoms with Crippen LogP contribution in [0.2, 0.25) is 0 Å². The monoisotopic (exact) mass is 420 g/mol. The number of ketones is 1. The lowest BCUT2D eigenvalue weighted by molar-refractivity contribution is -0.231. The molecule has 5 rings (SSSR count). The lowest BCUT2D eigenvalue weighted by Crippen LogP contribution is -2.62. The zero-order valence-electron chi connectivity index (χ0n) is 18.2. The number of aliphatic hydroxyl groups excluding tert-OH is 2. The number of carbonyl (C=O) groups is 1. The van der Waals surface area contributed by atoms with Crippen molar-refractivity contribution in [2.75, 3.05) is 6.61 Å². The number of alkyl halides is 1. The SMILES string of the molecule is CC1(C)O[C@@H]2C[C@H]3[C@@H]4C[C@H](F)C5=CC(=O)C=C[C@]5(C)[C@H]4[C@@H](O)C[C@]3(C)[C@]2(CCO)O1. The van der Waals surface area contributed by atoms with Gasteiger partial charge in [0.1, 0.15) is 11.8 Å². The normalized spacial score (nSPS) is 53.6. The van der Waals surface area contributed by atoms with Crippen LogP contribution >= 0.6 is 0 Å². The molecular weight excluding hydrogens is 387 g/mol. The topological polar surface area (TPSA) is 76.0 Å². The smallest absolute Gasteiger partial charge is 0.178 e. The van der Waals surface area contributed by atoms with Crippen molar-refractivity contribution in [2.45, 2.75) is 83.1 Å². The third-order valence-corrected chi connectivity index (χ3v) is 9.16. The fraction of sp³-hybridized carbons (Fsp3) is 0.792. The van der Waals surface area contributed by atoms with Crippen LogP contribution in [-0.2, 0) is 14.3 Å². The highest BCUT2D eigenvalue weighted by Gasteiger charge is 2.74. The number of halogens is 1. The molecule has 166 valence electrons. The van der Waals surface area contributed by atoms with Crippen LogP contribution in [0.3, 0.4) is 0 Å². The minimum Gasteiger partial charge on any atom is -0.396 e. The second kappa shape index (κ2) is 6.25. The minimum absolute atomic E-state index is 0.0242. The number of allylic oxidation sites excluding steroid dienone is 4. The molecule has 6 heteroatoms. The maximum atomic E-state index is 15.4. The second-order valence-electron chi connectivity index (χ2n) is 11.0. The van der Waals surface area contributed by atoms with Crippen LogP contribution in [-0.4, -0.2) is 52.4 Å². The quantitative estimate of drug-likeness (QED) is 0.718. The molecule has 4 fully saturated rings. The molecule has 0 amide bonds. The molecule has 0 aromatic carbocycles. The van der Waals surface area contributed by atoms with Gasteiger partial charge in [0.2, 0.25) is 0 Å². The summed E-state index contributed by atoms with van der Waals surface area (Å²) in [5, 5.41) is 21.4. The van der Waals surface area contributed by atoms with Crippen molar-refractivity contribution in [3.05, 3.63) is 23.8 Å². The fourth-order valence-corrected chi connectivity index (χ4v) is 8.19. The average molecular weight is 421 g/mol. The molecular formula is C24H33FO5. The zero-order valence-corrected chi connectivity index (χ0v) is 18.2. The highest BCUT2D eigenvalue weighted by Crippen LogP contribution is 2.71. The summed E-state index contributed by atoms with van der Waals surface area (Å²) in [5.41, 5.74) is -1.28. The van der Waals surface area contributed by atoms with Gasteiger partial charge in [0, 0.05) is 29.8 Å². The van der Waals surface area contributed by atoms with Gasteiger partial charge < -0.3 is 19.7 Å². The first kappa shape index (κ1) is 20.8. The first-order valence-corrected chi connectivity index (χ1v) is 11.2. The summed E-state index contributed by atoms with van der Waals surface area (Å²) in [6.45, 7) is 7.87. The van der Waals surface area contributed by atoms with Crippen molar-refractivity contribution >= 4 is 5.78 Å². The molecule has 5 aliphatic rings. The molecule has 0 aromatic heterocycles. The van der Waals surface area contributed by atoms with Crippen LogP contribution in [0.1, 0.15) is 53.4 Å². The van der Waals surface area contributed by atoms with E-state index in [1.54, 1.807) is 0 Å². The Morgan fingerprint density at radius 3 is 2.67 bits per heavy atom. The largest absolute Gasteiger partial charge is 0.396 e. The van der Waals surface area contributed by atoms with E-state index in [1.165, 1.54) is 12.2 Å². The standard InChI is InChI=1S/C24H33FO5/c1-21(2)29-19-11-15-14-10-17(25)16-9-13(27)5-6-22(16,3)20(14)18(28)12-23(15,4)24(19,30-21)7-8-26/h5-6,9,14-15,17-20,26,28H,7-8,10-12H2,1-4H3/t14-,15-,17-,18-,19+,20+,22-,23-,24+/m0/s1. The first-order chi connectivity index (χ1) is 14.0. The molecule has 0 radical (unpaired) electrons. The summed E-state index contributed by atoms with van der Waals surface area (Å²) in [5.74, 6) is -1.03. The molecule has 1 heterocycles.